The van der Waals surface area contributed by atoms with E-state index >= 15 is 0 Å². The van der Waals surface area contributed by atoms with Crippen LogP contribution in [0.3, 0.4) is 0 Å². The Hall–Kier alpha value is -0.120. The molecule has 0 saturated carbocycles. The van der Waals surface area contributed by atoms with Crippen LogP contribution in [-0.4, -0.2) is 49.8 Å². The van der Waals surface area contributed by atoms with E-state index in [1.165, 1.54) is 38.6 Å². The highest BCUT2D eigenvalue weighted by Crippen LogP contribution is 2.25. The molecule has 2 rings (SSSR count). The normalized spacial score (nSPS) is 36.7. The third kappa shape index (κ3) is 3.21. The first-order chi connectivity index (χ1) is 8.36. The van der Waals surface area contributed by atoms with E-state index in [1.54, 1.807) is 0 Å². The lowest BCUT2D eigenvalue weighted by Crippen LogP contribution is -2.57. The molecule has 0 spiro atoms. The maximum absolute atomic E-state index is 5.72. The zero-order chi connectivity index (χ0) is 12.1. The summed E-state index contributed by atoms with van der Waals surface area (Å²) in [5, 5.41) is 3.49. The molecule has 2 saturated heterocycles. The number of likely N-dealkylation sites (N-methyl/N-ethyl adjacent to an activating group) is 1. The fourth-order valence-corrected chi connectivity index (χ4v) is 3.46. The van der Waals surface area contributed by atoms with E-state index in [-0.39, 0.29) is 0 Å². The molecular formula is C14H28N2O. The van der Waals surface area contributed by atoms with Gasteiger partial charge >= 0.3 is 0 Å². The third-order valence-electron chi connectivity index (χ3n) is 4.52. The van der Waals surface area contributed by atoms with Crippen LogP contribution in [-0.2, 0) is 4.74 Å². The van der Waals surface area contributed by atoms with Gasteiger partial charge in [0.05, 0.1) is 6.61 Å². The number of likely N-dealkylation sites (tertiary alicyclic amines) is 1. The van der Waals surface area contributed by atoms with Crippen LogP contribution in [0, 0.1) is 0 Å². The van der Waals surface area contributed by atoms with Crippen LogP contribution in [0.2, 0.25) is 0 Å². The van der Waals surface area contributed by atoms with Gasteiger partial charge in [-0.1, -0.05) is 19.8 Å². The first kappa shape index (κ1) is 13.3. The first-order valence-electron chi connectivity index (χ1n) is 7.37. The minimum atomic E-state index is 0.594. The van der Waals surface area contributed by atoms with Gasteiger partial charge in [-0.2, -0.15) is 0 Å². The summed E-state index contributed by atoms with van der Waals surface area (Å²) in [6, 6.07) is 1.99. The Morgan fingerprint density at radius 2 is 2.12 bits per heavy atom. The molecule has 100 valence electrons. The van der Waals surface area contributed by atoms with E-state index < -0.39 is 0 Å². The highest BCUT2D eigenvalue weighted by Gasteiger charge is 2.33. The van der Waals surface area contributed by atoms with Crippen molar-refractivity contribution in [1.82, 2.24) is 10.2 Å². The lowest BCUT2D eigenvalue weighted by Gasteiger charge is -2.43. The van der Waals surface area contributed by atoms with Gasteiger partial charge in [0.25, 0.3) is 0 Å². The molecule has 0 bridgehead atoms. The van der Waals surface area contributed by atoms with E-state index in [0.29, 0.717) is 12.1 Å². The van der Waals surface area contributed by atoms with Gasteiger partial charge in [0.15, 0.2) is 0 Å². The molecule has 2 fully saturated rings. The van der Waals surface area contributed by atoms with Gasteiger partial charge in [-0.25, -0.2) is 0 Å². The van der Waals surface area contributed by atoms with Crippen molar-refractivity contribution in [2.75, 3.05) is 26.8 Å². The van der Waals surface area contributed by atoms with Crippen molar-refractivity contribution in [3.63, 3.8) is 0 Å². The van der Waals surface area contributed by atoms with Gasteiger partial charge in [0.1, 0.15) is 0 Å². The number of hydrogen-bond acceptors (Lipinski definition) is 3. The Bertz CT molecular complexity index is 222. The van der Waals surface area contributed by atoms with Crippen molar-refractivity contribution in [3.05, 3.63) is 0 Å². The Kier molecular flexibility index (Phi) is 5.26. The Balaban J connectivity index is 2.04. The molecule has 0 radical (unpaired) electrons. The van der Waals surface area contributed by atoms with Crippen LogP contribution in [0.15, 0.2) is 0 Å². The Labute approximate surface area is 106 Å². The topological polar surface area (TPSA) is 24.5 Å². The van der Waals surface area contributed by atoms with E-state index in [9.17, 15) is 0 Å². The molecule has 0 amide bonds. The molecule has 0 aromatic carbocycles. The van der Waals surface area contributed by atoms with Crippen molar-refractivity contribution < 1.29 is 4.74 Å². The summed E-state index contributed by atoms with van der Waals surface area (Å²) in [4.78, 5) is 2.74. The van der Waals surface area contributed by atoms with Crippen molar-refractivity contribution in [2.24, 2.45) is 0 Å². The minimum absolute atomic E-state index is 0.594. The number of nitrogens with zero attached hydrogens (tertiary/aromatic N) is 1. The van der Waals surface area contributed by atoms with Crippen LogP contribution in [0.5, 0.6) is 0 Å². The van der Waals surface area contributed by atoms with Crippen LogP contribution < -0.4 is 5.32 Å². The van der Waals surface area contributed by atoms with Gasteiger partial charge in [0, 0.05) is 24.7 Å². The summed E-state index contributed by atoms with van der Waals surface area (Å²) in [6.07, 6.45) is 8.01. The van der Waals surface area contributed by atoms with Gasteiger partial charge in [-0.05, 0) is 39.3 Å². The summed E-state index contributed by atoms with van der Waals surface area (Å²) in [7, 11) is 2.10. The SMILES string of the molecule is CCC1CCCCCN1C1COCCC1NC. The third-order valence-corrected chi connectivity index (χ3v) is 4.52. The van der Waals surface area contributed by atoms with Crippen molar-refractivity contribution in [2.45, 2.75) is 63.6 Å². The molecule has 3 unspecified atom stereocenters. The zero-order valence-corrected chi connectivity index (χ0v) is 11.5. The molecule has 0 aromatic rings. The summed E-state index contributed by atoms with van der Waals surface area (Å²) in [5.74, 6) is 0. The fraction of sp³-hybridized carbons (Fsp3) is 1.00. The summed E-state index contributed by atoms with van der Waals surface area (Å²) in [6.45, 7) is 5.44. The van der Waals surface area contributed by atoms with E-state index in [1.807, 2.05) is 0 Å². The Morgan fingerprint density at radius 3 is 2.88 bits per heavy atom. The molecule has 1 N–H and O–H groups in total. The molecule has 2 aliphatic rings. The zero-order valence-electron chi connectivity index (χ0n) is 11.5. The van der Waals surface area contributed by atoms with Crippen LogP contribution in [0.25, 0.3) is 0 Å². The molecule has 0 aliphatic carbocycles. The van der Waals surface area contributed by atoms with Crippen molar-refractivity contribution >= 4 is 0 Å². The lowest BCUT2D eigenvalue weighted by molar-refractivity contribution is -0.0179. The number of hydrogen-bond donors (Lipinski definition) is 1. The average Bonchev–Trinajstić information content (AvgIpc) is 2.63. The predicted octanol–water partition coefficient (Wildman–Crippen LogP) is 2.02. The molecular weight excluding hydrogens is 212 g/mol. The van der Waals surface area contributed by atoms with Gasteiger partial charge < -0.3 is 10.1 Å². The average molecular weight is 240 g/mol. The van der Waals surface area contributed by atoms with Gasteiger partial charge in [-0.15, -0.1) is 0 Å². The number of ether oxygens (including phenoxy) is 1. The van der Waals surface area contributed by atoms with Crippen LogP contribution in [0.1, 0.15) is 45.4 Å². The number of nitrogens with one attached hydrogen (secondary N) is 1. The molecule has 3 heteroatoms. The summed E-state index contributed by atoms with van der Waals surface area (Å²) >= 11 is 0. The monoisotopic (exact) mass is 240 g/mol. The van der Waals surface area contributed by atoms with E-state index in [4.69, 9.17) is 4.74 Å². The van der Waals surface area contributed by atoms with Gasteiger partial charge in [0.2, 0.25) is 0 Å². The maximum atomic E-state index is 5.72. The maximum Gasteiger partial charge on any atom is 0.0637 e. The second-order valence-electron chi connectivity index (χ2n) is 5.48. The molecule has 3 atom stereocenters. The summed E-state index contributed by atoms with van der Waals surface area (Å²) in [5.41, 5.74) is 0. The highest BCUT2D eigenvalue weighted by atomic mass is 16.5. The standard InChI is InChI=1S/C14H28N2O/c1-3-12-7-5-4-6-9-16(12)14-11-17-10-8-13(14)15-2/h12-15H,3-11H2,1-2H3. The molecule has 0 aromatic heterocycles. The quantitative estimate of drug-likeness (QED) is 0.817. The minimum Gasteiger partial charge on any atom is -0.380 e. The first-order valence-corrected chi connectivity index (χ1v) is 7.37. The molecule has 2 heterocycles. The van der Waals surface area contributed by atoms with Crippen LogP contribution >= 0.6 is 0 Å². The van der Waals surface area contributed by atoms with Crippen molar-refractivity contribution in [1.29, 1.82) is 0 Å². The fourth-order valence-electron chi connectivity index (χ4n) is 3.46. The van der Waals surface area contributed by atoms with Gasteiger partial charge in [-0.3, -0.25) is 4.90 Å². The summed E-state index contributed by atoms with van der Waals surface area (Å²) < 4.78 is 5.72. The predicted molar refractivity (Wildman–Crippen MR) is 71.3 cm³/mol. The molecule has 17 heavy (non-hydrogen) atoms. The molecule has 2 aliphatic heterocycles. The van der Waals surface area contributed by atoms with Crippen molar-refractivity contribution in [3.8, 4) is 0 Å². The second-order valence-corrected chi connectivity index (χ2v) is 5.48. The largest absolute Gasteiger partial charge is 0.380 e. The highest BCUT2D eigenvalue weighted by molar-refractivity contribution is 4.90. The van der Waals surface area contributed by atoms with E-state index in [0.717, 1.165) is 25.7 Å². The lowest BCUT2D eigenvalue weighted by atomic mass is 9.98. The Morgan fingerprint density at radius 1 is 1.24 bits per heavy atom. The number of rotatable bonds is 3. The smallest absolute Gasteiger partial charge is 0.0637 e. The van der Waals surface area contributed by atoms with E-state index in [2.05, 4.69) is 24.2 Å². The second kappa shape index (κ2) is 6.72. The molecule has 3 nitrogen and oxygen atoms in total. The van der Waals surface area contributed by atoms with Crippen LogP contribution in [0.4, 0.5) is 0 Å².